The highest BCUT2D eigenvalue weighted by Crippen LogP contribution is 2.18. The third-order valence-electron chi connectivity index (χ3n) is 4.46. The molecule has 1 saturated heterocycles. The Labute approximate surface area is 142 Å². The normalized spacial score (nSPS) is 15.9. The molecule has 0 atom stereocenters. The first-order valence-electron chi connectivity index (χ1n) is 8.99. The summed E-state index contributed by atoms with van der Waals surface area (Å²) >= 11 is 0. The van der Waals surface area contributed by atoms with Gasteiger partial charge in [-0.15, -0.1) is 0 Å². The highest BCUT2D eigenvalue weighted by Gasteiger charge is 2.30. The van der Waals surface area contributed by atoms with Crippen LogP contribution in [0.1, 0.15) is 58.3 Å². The molecular weight excluding hydrogens is 316 g/mol. The predicted octanol–water partition coefficient (Wildman–Crippen LogP) is 4.60. The Kier molecular flexibility index (Phi) is 8.12. The molecule has 6 heteroatoms. The van der Waals surface area contributed by atoms with E-state index in [4.69, 9.17) is 9.31 Å². The summed E-state index contributed by atoms with van der Waals surface area (Å²) in [6, 6.07) is 1.86. The first-order valence-corrected chi connectivity index (χ1v) is 8.99. The molecule has 1 aromatic rings. The Morgan fingerprint density at radius 2 is 1.46 bits per heavy atom. The molecule has 0 spiro atoms. The zero-order chi connectivity index (χ0) is 17.4. The zero-order valence-corrected chi connectivity index (χ0v) is 14.3. The molecular formula is C18H26BF3O2. The van der Waals surface area contributed by atoms with Crippen molar-refractivity contribution in [3.05, 3.63) is 29.6 Å². The van der Waals surface area contributed by atoms with Gasteiger partial charge in [0.1, 0.15) is 0 Å². The fraction of sp³-hybridized carbons (Fsp3) is 0.667. The molecule has 0 saturated carbocycles. The lowest BCUT2D eigenvalue weighted by Crippen LogP contribution is -2.44. The van der Waals surface area contributed by atoms with Crippen LogP contribution in [0.3, 0.4) is 0 Å². The van der Waals surface area contributed by atoms with Gasteiger partial charge in [-0.2, -0.15) is 0 Å². The topological polar surface area (TPSA) is 18.5 Å². The number of halogens is 3. The van der Waals surface area contributed by atoms with Gasteiger partial charge < -0.3 is 9.31 Å². The minimum absolute atomic E-state index is 0.181. The largest absolute Gasteiger partial charge is 0.494 e. The molecule has 0 amide bonds. The van der Waals surface area contributed by atoms with Crippen molar-refractivity contribution in [2.45, 2.75) is 58.3 Å². The lowest BCUT2D eigenvalue weighted by atomic mass is 9.77. The summed E-state index contributed by atoms with van der Waals surface area (Å²) in [5.41, 5.74) is 0.181. The van der Waals surface area contributed by atoms with E-state index < -0.39 is 24.6 Å². The second-order valence-electron chi connectivity index (χ2n) is 6.57. The van der Waals surface area contributed by atoms with Crippen molar-refractivity contribution in [1.29, 1.82) is 0 Å². The van der Waals surface area contributed by atoms with Crippen LogP contribution < -0.4 is 5.46 Å². The first kappa shape index (κ1) is 19.3. The Hall–Kier alpha value is -1.01. The number of hydrogen-bond acceptors (Lipinski definition) is 2. The summed E-state index contributed by atoms with van der Waals surface area (Å²) in [4.78, 5) is 0. The van der Waals surface area contributed by atoms with Gasteiger partial charge in [-0.25, -0.2) is 13.2 Å². The maximum atomic E-state index is 13.3. The fourth-order valence-electron chi connectivity index (χ4n) is 3.00. The van der Waals surface area contributed by atoms with Crippen molar-refractivity contribution in [1.82, 2.24) is 0 Å². The van der Waals surface area contributed by atoms with Crippen molar-refractivity contribution in [3.8, 4) is 0 Å². The van der Waals surface area contributed by atoms with E-state index in [0.29, 0.717) is 19.1 Å². The summed E-state index contributed by atoms with van der Waals surface area (Å²) in [5.74, 6) is -3.59. The van der Waals surface area contributed by atoms with Gasteiger partial charge in [0.2, 0.25) is 0 Å². The number of unbranched alkanes of at least 4 members (excludes halogenated alkanes) is 6. The number of hydrogen-bond donors (Lipinski definition) is 0. The maximum absolute atomic E-state index is 13.3. The molecule has 0 aliphatic carbocycles. The van der Waals surface area contributed by atoms with E-state index in [1.807, 2.05) is 0 Å². The SMILES string of the molecule is CCCCCCCCCC1COB(c2cc(F)c(F)c(F)c2)OC1. The zero-order valence-electron chi connectivity index (χ0n) is 14.3. The monoisotopic (exact) mass is 342 g/mol. The lowest BCUT2D eigenvalue weighted by Gasteiger charge is -2.27. The molecule has 134 valence electrons. The molecule has 0 N–H and O–H groups in total. The Morgan fingerprint density at radius 1 is 0.917 bits per heavy atom. The van der Waals surface area contributed by atoms with Crippen molar-refractivity contribution in [2.24, 2.45) is 5.92 Å². The Bertz CT molecular complexity index is 482. The molecule has 0 unspecified atom stereocenters. The highest BCUT2D eigenvalue weighted by atomic mass is 19.2. The van der Waals surface area contributed by atoms with E-state index in [9.17, 15) is 13.2 Å². The molecule has 0 aromatic heterocycles. The first-order chi connectivity index (χ1) is 11.6. The summed E-state index contributed by atoms with van der Waals surface area (Å²) in [6.45, 7) is 3.22. The van der Waals surface area contributed by atoms with E-state index in [1.54, 1.807) is 0 Å². The molecule has 1 fully saturated rings. The predicted molar refractivity (Wildman–Crippen MR) is 89.7 cm³/mol. The van der Waals surface area contributed by atoms with Gasteiger partial charge in [0.15, 0.2) is 17.5 Å². The standard InChI is InChI=1S/C18H26BF3O2/c1-2-3-4-5-6-7-8-9-14-12-23-19(24-13-14)15-10-16(20)18(22)17(21)11-15/h10-11,14H,2-9,12-13H2,1H3. The molecule has 24 heavy (non-hydrogen) atoms. The summed E-state index contributed by atoms with van der Waals surface area (Å²) in [6.07, 6.45) is 9.87. The van der Waals surface area contributed by atoms with E-state index in [0.717, 1.165) is 25.0 Å². The third kappa shape index (κ3) is 5.81. The van der Waals surface area contributed by atoms with Gasteiger partial charge in [0.25, 0.3) is 0 Å². The smallest absolute Gasteiger partial charge is 0.407 e. The molecule has 0 bridgehead atoms. The molecule has 2 nitrogen and oxygen atoms in total. The Morgan fingerprint density at radius 3 is 2.04 bits per heavy atom. The molecule has 0 radical (unpaired) electrons. The van der Waals surface area contributed by atoms with Crippen LogP contribution in [0.5, 0.6) is 0 Å². The summed E-state index contributed by atoms with van der Waals surface area (Å²) in [7, 11) is -0.820. The minimum Gasteiger partial charge on any atom is -0.407 e. The fourth-order valence-corrected chi connectivity index (χ4v) is 3.00. The Balaban J connectivity index is 1.66. The van der Waals surface area contributed by atoms with E-state index in [1.165, 1.54) is 38.5 Å². The average Bonchev–Trinajstić information content (AvgIpc) is 2.59. The van der Waals surface area contributed by atoms with Crippen LogP contribution in [-0.4, -0.2) is 20.3 Å². The van der Waals surface area contributed by atoms with Crippen LogP contribution in [0.25, 0.3) is 0 Å². The van der Waals surface area contributed by atoms with Crippen LogP contribution >= 0.6 is 0 Å². The van der Waals surface area contributed by atoms with Crippen LogP contribution in [0.2, 0.25) is 0 Å². The molecule has 1 heterocycles. The molecule has 1 aliphatic heterocycles. The minimum atomic E-state index is -1.47. The van der Waals surface area contributed by atoms with Crippen LogP contribution in [-0.2, 0) is 9.31 Å². The highest BCUT2D eigenvalue weighted by molar-refractivity contribution is 6.61. The van der Waals surface area contributed by atoms with E-state index in [2.05, 4.69) is 6.92 Å². The van der Waals surface area contributed by atoms with Crippen molar-refractivity contribution < 1.29 is 22.5 Å². The number of rotatable bonds is 9. The second-order valence-corrected chi connectivity index (χ2v) is 6.57. The second kappa shape index (κ2) is 10.1. The van der Waals surface area contributed by atoms with Crippen molar-refractivity contribution >= 4 is 12.6 Å². The van der Waals surface area contributed by atoms with Crippen molar-refractivity contribution in [2.75, 3.05) is 13.2 Å². The van der Waals surface area contributed by atoms with Gasteiger partial charge in [-0.05, 0) is 24.0 Å². The molecule has 2 rings (SSSR count). The van der Waals surface area contributed by atoms with Crippen LogP contribution in [0.15, 0.2) is 12.1 Å². The van der Waals surface area contributed by atoms with Gasteiger partial charge in [0.05, 0.1) is 0 Å². The van der Waals surface area contributed by atoms with Gasteiger partial charge in [-0.3, -0.25) is 0 Å². The molecule has 1 aliphatic rings. The third-order valence-corrected chi connectivity index (χ3v) is 4.46. The van der Waals surface area contributed by atoms with E-state index in [-0.39, 0.29) is 5.46 Å². The summed E-state index contributed by atoms with van der Waals surface area (Å²) in [5, 5.41) is 0. The van der Waals surface area contributed by atoms with Crippen LogP contribution in [0, 0.1) is 23.4 Å². The quantitative estimate of drug-likeness (QED) is 0.371. The average molecular weight is 342 g/mol. The van der Waals surface area contributed by atoms with Crippen LogP contribution in [0.4, 0.5) is 13.2 Å². The van der Waals surface area contributed by atoms with Gasteiger partial charge in [-0.1, -0.05) is 51.9 Å². The number of benzene rings is 1. The van der Waals surface area contributed by atoms with Gasteiger partial charge >= 0.3 is 7.12 Å². The van der Waals surface area contributed by atoms with E-state index >= 15 is 0 Å². The maximum Gasteiger partial charge on any atom is 0.494 e. The summed E-state index contributed by atoms with van der Waals surface area (Å²) < 4.78 is 50.6. The molecule has 1 aromatic carbocycles. The lowest BCUT2D eigenvalue weighted by molar-refractivity contribution is 0.0809. The van der Waals surface area contributed by atoms with Gasteiger partial charge in [0, 0.05) is 19.1 Å². The van der Waals surface area contributed by atoms with Crippen molar-refractivity contribution in [3.63, 3.8) is 0 Å².